The molecular weight excluding hydrogens is 411 g/mol. The fourth-order valence-corrected chi connectivity index (χ4v) is 3.73. The van der Waals surface area contributed by atoms with Gasteiger partial charge in [-0.2, -0.15) is 18.2 Å². The number of nitrogens with zero attached hydrogens (tertiary/aromatic N) is 4. The van der Waals surface area contributed by atoms with Crippen molar-refractivity contribution in [3.05, 3.63) is 51.8 Å². The first kappa shape index (κ1) is 20.6. The highest BCUT2D eigenvalue weighted by Gasteiger charge is 2.60. The molecule has 1 atom stereocenters. The van der Waals surface area contributed by atoms with Crippen LogP contribution in [0.4, 0.5) is 33.7 Å². The summed E-state index contributed by atoms with van der Waals surface area (Å²) >= 11 is 0. The van der Waals surface area contributed by atoms with Gasteiger partial charge >= 0.3 is 6.18 Å². The van der Waals surface area contributed by atoms with Crippen LogP contribution in [0.2, 0.25) is 0 Å². The van der Waals surface area contributed by atoms with Crippen LogP contribution in [0.3, 0.4) is 0 Å². The van der Waals surface area contributed by atoms with E-state index < -0.39 is 42.0 Å². The van der Waals surface area contributed by atoms with E-state index >= 15 is 0 Å². The topological polar surface area (TPSA) is 50.6 Å². The van der Waals surface area contributed by atoms with Gasteiger partial charge in [0.1, 0.15) is 5.82 Å². The highest BCUT2D eigenvalue weighted by Crippen LogP contribution is 2.44. The number of morpholine rings is 1. The largest absolute Gasteiger partial charge is 0.413 e. The lowest BCUT2D eigenvalue weighted by Gasteiger charge is -2.37. The predicted molar refractivity (Wildman–Crippen MR) is 98.5 cm³/mol. The zero-order valence-corrected chi connectivity index (χ0v) is 16.0. The molecule has 0 radical (unpaired) electrons. The van der Waals surface area contributed by atoms with Crippen LogP contribution in [0.15, 0.2) is 29.1 Å². The van der Waals surface area contributed by atoms with Crippen molar-refractivity contribution in [2.75, 3.05) is 36.1 Å². The highest BCUT2D eigenvalue weighted by molar-refractivity contribution is 5.50. The van der Waals surface area contributed by atoms with Crippen LogP contribution in [0.1, 0.15) is 12.5 Å². The Morgan fingerprint density at radius 3 is 2.57 bits per heavy atom. The SMILES string of the molecule is CC1(C(F)(F)F)Cn2c(nc(N3CCOCC3)cc2=O)N1Cc1cccc(F)c1F. The van der Waals surface area contributed by atoms with E-state index in [9.17, 15) is 26.7 Å². The van der Waals surface area contributed by atoms with Gasteiger partial charge in [0.05, 0.1) is 19.8 Å². The van der Waals surface area contributed by atoms with Gasteiger partial charge in [-0.15, -0.1) is 0 Å². The number of alkyl halides is 3. The van der Waals surface area contributed by atoms with Crippen molar-refractivity contribution in [3.8, 4) is 0 Å². The fraction of sp³-hybridized carbons (Fsp3) is 0.474. The molecule has 30 heavy (non-hydrogen) atoms. The second-order valence-corrected chi connectivity index (χ2v) is 7.51. The maximum Gasteiger partial charge on any atom is 0.413 e. The van der Waals surface area contributed by atoms with E-state index in [-0.39, 0.29) is 17.3 Å². The number of ether oxygens (including phenoxy) is 1. The Balaban J connectivity index is 1.82. The molecule has 0 amide bonds. The minimum absolute atomic E-state index is 0.227. The van der Waals surface area contributed by atoms with Gasteiger partial charge in [-0.3, -0.25) is 9.36 Å². The average Bonchev–Trinajstić information content (AvgIpc) is 3.00. The van der Waals surface area contributed by atoms with Crippen LogP contribution in [0, 0.1) is 11.6 Å². The van der Waals surface area contributed by atoms with Gasteiger partial charge in [0.25, 0.3) is 5.56 Å². The summed E-state index contributed by atoms with van der Waals surface area (Å²) in [7, 11) is 0. The van der Waals surface area contributed by atoms with Crippen LogP contribution in [0.5, 0.6) is 0 Å². The summed E-state index contributed by atoms with van der Waals surface area (Å²) in [5, 5.41) is 0. The van der Waals surface area contributed by atoms with Crippen molar-refractivity contribution in [3.63, 3.8) is 0 Å². The molecule has 0 aliphatic carbocycles. The molecule has 1 aromatic heterocycles. The Kier molecular flexibility index (Phi) is 4.95. The van der Waals surface area contributed by atoms with Crippen LogP contribution < -0.4 is 15.4 Å². The quantitative estimate of drug-likeness (QED) is 0.701. The van der Waals surface area contributed by atoms with Gasteiger partial charge in [0.2, 0.25) is 5.95 Å². The van der Waals surface area contributed by atoms with Crippen molar-refractivity contribution in [2.24, 2.45) is 0 Å². The lowest BCUT2D eigenvalue weighted by atomic mass is 10.00. The molecule has 4 rings (SSSR count). The summed E-state index contributed by atoms with van der Waals surface area (Å²) in [4.78, 5) is 19.5. The van der Waals surface area contributed by atoms with Crippen molar-refractivity contribution < 1.29 is 26.7 Å². The van der Waals surface area contributed by atoms with Gasteiger partial charge in [0, 0.05) is 31.3 Å². The molecule has 1 unspecified atom stereocenters. The summed E-state index contributed by atoms with van der Waals surface area (Å²) in [6.45, 7) is 1.30. The van der Waals surface area contributed by atoms with Crippen molar-refractivity contribution >= 4 is 11.8 Å². The molecule has 3 heterocycles. The summed E-state index contributed by atoms with van der Waals surface area (Å²) in [6.07, 6.45) is -4.75. The molecule has 162 valence electrons. The third kappa shape index (κ3) is 3.30. The minimum Gasteiger partial charge on any atom is -0.378 e. The maximum atomic E-state index is 14.2. The van der Waals surface area contributed by atoms with E-state index in [0.717, 1.165) is 22.5 Å². The molecule has 6 nitrogen and oxygen atoms in total. The molecule has 1 saturated heterocycles. The van der Waals surface area contributed by atoms with E-state index in [4.69, 9.17) is 4.74 Å². The summed E-state index contributed by atoms with van der Waals surface area (Å²) in [5.41, 5.74) is -3.42. The zero-order chi connectivity index (χ0) is 21.7. The molecule has 1 fully saturated rings. The zero-order valence-electron chi connectivity index (χ0n) is 16.0. The van der Waals surface area contributed by atoms with Crippen molar-refractivity contribution in [2.45, 2.75) is 31.7 Å². The van der Waals surface area contributed by atoms with Crippen LogP contribution in [0.25, 0.3) is 0 Å². The molecule has 0 bridgehead atoms. The number of hydrogen-bond donors (Lipinski definition) is 0. The molecule has 2 aromatic rings. The lowest BCUT2D eigenvalue weighted by Crippen LogP contribution is -2.55. The molecule has 1 aromatic carbocycles. The van der Waals surface area contributed by atoms with Crippen LogP contribution >= 0.6 is 0 Å². The summed E-state index contributed by atoms with van der Waals surface area (Å²) in [5.74, 6) is -2.39. The van der Waals surface area contributed by atoms with Gasteiger partial charge in [-0.05, 0) is 13.0 Å². The van der Waals surface area contributed by atoms with Gasteiger partial charge in [-0.1, -0.05) is 12.1 Å². The predicted octanol–water partition coefficient (Wildman–Crippen LogP) is 2.70. The lowest BCUT2D eigenvalue weighted by molar-refractivity contribution is -0.182. The monoisotopic (exact) mass is 430 g/mol. The summed E-state index contributed by atoms with van der Waals surface area (Å²) < 4.78 is 76.2. The average molecular weight is 430 g/mol. The maximum absolute atomic E-state index is 14.2. The standard InChI is InChI=1S/C19H19F5N4O2/c1-18(19(22,23)24)11-27-15(29)9-14(26-5-7-30-8-6-26)25-17(27)28(18)10-12-3-2-4-13(20)16(12)21/h2-4,9H,5-8,10-11H2,1H3. The Morgan fingerprint density at radius 2 is 1.90 bits per heavy atom. The van der Waals surface area contributed by atoms with E-state index in [1.807, 2.05) is 0 Å². The first-order valence-electron chi connectivity index (χ1n) is 9.34. The number of benzene rings is 1. The third-order valence-corrected chi connectivity index (χ3v) is 5.58. The van der Waals surface area contributed by atoms with E-state index in [1.54, 1.807) is 4.90 Å². The molecule has 0 spiro atoms. The van der Waals surface area contributed by atoms with Gasteiger partial charge in [-0.25, -0.2) is 8.78 Å². The van der Waals surface area contributed by atoms with Crippen LogP contribution in [-0.4, -0.2) is 47.6 Å². The fourth-order valence-electron chi connectivity index (χ4n) is 3.73. The molecule has 0 N–H and O–H groups in total. The first-order chi connectivity index (χ1) is 14.1. The second-order valence-electron chi connectivity index (χ2n) is 7.51. The Labute approximate surface area is 168 Å². The smallest absolute Gasteiger partial charge is 0.378 e. The molecule has 11 heteroatoms. The number of aromatic nitrogens is 2. The molecule has 2 aliphatic heterocycles. The second kappa shape index (κ2) is 7.22. The Morgan fingerprint density at radius 1 is 1.20 bits per heavy atom. The number of halogens is 5. The highest BCUT2D eigenvalue weighted by atomic mass is 19.4. The first-order valence-corrected chi connectivity index (χ1v) is 9.34. The van der Waals surface area contributed by atoms with Gasteiger partial charge in [0.15, 0.2) is 17.2 Å². The van der Waals surface area contributed by atoms with E-state index in [2.05, 4.69) is 4.98 Å². The Hall–Kier alpha value is -2.69. The molecular formula is C19H19F5N4O2. The van der Waals surface area contributed by atoms with Crippen molar-refractivity contribution in [1.29, 1.82) is 0 Å². The van der Waals surface area contributed by atoms with E-state index in [0.29, 0.717) is 26.3 Å². The summed E-state index contributed by atoms with van der Waals surface area (Å²) in [6, 6.07) is 4.51. The Bertz CT molecular complexity index is 1020. The van der Waals surface area contributed by atoms with Gasteiger partial charge < -0.3 is 14.5 Å². The number of fused-ring (bicyclic) bond motifs is 1. The number of hydrogen-bond acceptors (Lipinski definition) is 5. The number of rotatable bonds is 3. The molecule has 2 aliphatic rings. The van der Waals surface area contributed by atoms with Crippen LogP contribution in [-0.2, 0) is 17.8 Å². The van der Waals surface area contributed by atoms with Crippen molar-refractivity contribution in [1.82, 2.24) is 9.55 Å². The van der Waals surface area contributed by atoms with E-state index in [1.165, 1.54) is 18.2 Å². The minimum atomic E-state index is -4.75. The number of anilines is 2. The molecule has 0 saturated carbocycles. The normalized spacial score (nSPS) is 21.8. The third-order valence-electron chi connectivity index (χ3n) is 5.58.